The molecule has 2 aliphatic rings. The van der Waals surface area contributed by atoms with Gasteiger partial charge in [-0.05, 0) is 64.3 Å². The third-order valence-corrected chi connectivity index (χ3v) is 6.71. The maximum absolute atomic E-state index is 5.66. The standard InChI is InChI=1S/C23H36N6O/c1-19-27-20-8-3-4-9-21(20)29(19)15-7-12-25-22(24-2)26-18-23(10-16-30-17-11-23)28-13-5-6-14-28/h3-4,8-9H,5-7,10-18H2,1-2H3,(H2,24,25,26). The fraction of sp³-hybridized carbons (Fsp3) is 0.652. The van der Waals surface area contributed by atoms with E-state index >= 15 is 0 Å². The molecular weight excluding hydrogens is 376 g/mol. The van der Waals surface area contributed by atoms with Crippen molar-refractivity contribution in [3.8, 4) is 0 Å². The number of benzene rings is 1. The average Bonchev–Trinajstić information content (AvgIpc) is 3.42. The van der Waals surface area contributed by atoms with Crippen molar-refractivity contribution in [3.05, 3.63) is 30.1 Å². The second-order valence-electron chi connectivity index (χ2n) is 8.54. The summed E-state index contributed by atoms with van der Waals surface area (Å²) >= 11 is 0. The third-order valence-electron chi connectivity index (χ3n) is 6.71. The third kappa shape index (κ3) is 4.62. The Labute approximate surface area is 179 Å². The highest BCUT2D eigenvalue weighted by Gasteiger charge is 2.39. The number of aryl methyl sites for hydroxylation is 2. The highest BCUT2D eigenvalue weighted by atomic mass is 16.5. The smallest absolute Gasteiger partial charge is 0.191 e. The Balaban J connectivity index is 1.28. The van der Waals surface area contributed by atoms with Crippen molar-refractivity contribution in [1.29, 1.82) is 0 Å². The molecule has 2 fully saturated rings. The van der Waals surface area contributed by atoms with Gasteiger partial charge in [-0.25, -0.2) is 4.98 Å². The molecule has 7 nitrogen and oxygen atoms in total. The lowest BCUT2D eigenvalue weighted by molar-refractivity contribution is -0.0164. The first-order chi connectivity index (χ1) is 14.7. The van der Waals surface area contributed by atoms with Crippen molar-refractivity contribution < 1.29 is 4.74 Å². The average molecular weight is 413 g/mol. The van der Waals surface area contributed by atoms with Gasteiger partial charge in [0.1, 0.15) is 5.82 Å². The second kappa shape index (κ2) is 9.79. The van der Waals surface area contributed by atoms with E-state index in [1.165, 1.54) is 31.4 Å². The monoisotopic (exact) mass is 412 g/mol. The fourth-order valence-electron chi connectivity index (χ4n) is 4.94. The van der Waals surface area contributed by atoms with Crippen molar-refractivity contribution in [2.24, 2.45) is 4.99 Å². The van der Waals surface area contributed by atoms with Crippen LogP contribution in [0, 0.1) is 6.92 Å². The number of para-hydroxylation sites is 2. The van der Waals surface area contributed by atoms with Crippen LogP contribution in [-0.2, 0) is 11.3 Å². The molecule has 0 bridgehead atoms. The van der Waals surface area contributed by atoms with E-state index in [0.29, 0.717) is 0 Å². The summed E-state index contributed by atoms with van der Waals surface area (Å²) in [5.74, 6) is 1.97. The van der Waals surface area contributed by atoms with Crippen LogP contribution in [0.5, 0.6) is 0 Å². The Morgan fingerprint density at radius 3 is 2.70 bits per heavy atom. The highest BCUT2D eigenvalue weighted by Crippen LogP contribution is 2.30. The lowest BCUT2D eigenvalue weighted by Gasteiger charge is -2.45. The van der Waals surface area contributed by atoms with Crippen LogP contribution in [-0.4, -0.2) is 72.4 Å². The zero-order valence-corrected chi connectivity index (χ0v) is 18.5. The molecule has 1 aromatic carbocycles. The van der Waals surface area contributed by atoms with Gasteiger partial charge in [0.25, 0.3) is 0 Å². The Hall–Kier alpha value is -2.12. The van der Waals surface area contributed by atoms with Crippen molar-refractivity contribution in [2.75, 3.05) is 46.4 Å². The summed E-state index contributed by atoms with van der Waals surface area (Å²) in [7, 11) is 1.86. The quantitative estimate of drug-likeness (QED) is 0.416. The molecule has 4 rings (SSSR count). The van der Waals surface area contributed by atoms with Crippen molar-refractivity contribution in [3.63, 3.8) is 0 Å². The summed E-state index contributed by atoms with van der Waals surface area (Å²) in [5.41, 5.74) is 2.49. The molecule has 0 unspecified atom stereocenters. The van der Waals surface area contributed by atoms with E-state index in [1.54, 1.807) is 0 Å². The summed E-state index contributed by atoms with van der Waals surface area (Å²) in [6.45, 7) is 9.00. The number of hydrogen-bond donors (Lipinski definition) is 2. The topological polar surface area (TPSA) is 66.7 Å². The molecule has 0 atom stereocenters. The van der Waals surface area contributed by atoms with Gasteiger partial charge < -0.3 is 19.9 Å². The molecule has 1 aromatic heterocycles. The van der Waals surface area contributed by atoms with E-state index in [2.05, 4.69) is 55.2 Å². The zero-order chi connectivity index (χ0) is 20.8. The lowest BCUT2D eigenvalue weighted by atomic mass is 9.88. The predicted octanol–water partition coefficient (Wildman–Crippen LogP) is 2.54. The molecule has 0 amide bonds. The highest BCUT2D eigenvalue weighted by molar-refractivity contribution is 5.79. The fourth-order valence-corrected chi connectivity index (χ4v) is 4.94. The zero-order valence-electron chi connectivity index (χ0n) is 18.5. The normalized spacial score (nSPS) is 20.0. The first-order valence-electron chi connectivity index (χ1n) is 11.4. The predicted molar refractivity (Wildman–Crippen MR) is 122 cm³/mol. The molecule has 0 radical (unpaired) electrons. The van der Waals surface area contributed by atoms with E-state index < -0.39 is 0 Å². The number of guanidine groups is 1. The van der Waals surface area contributed by atoms with Crippen molar-refractivity contribution in [2.45, 2.75) is 51.1 Å². The Morgan fingerprint density at radius 2 is 1.93 bits per heavy atom. The second-order valence-corrected chi connectivity index (χ2v) is 8.54. The maximum Gasteiger partial charge on any atom is 0.191 e. The number of rotatable bonds is 7. The van der Waals surface area contributed by atoms with E-state index in [4.69, 9.17) is 4.74 Å². The maximum atomic E-state index is 5.66. The molecule has 3 heterocycles. The molecule has 0 aliphatic carbocycles. The van der Waals surface area contributed by atoms with Gasteiger partial charge in [-0.2, -0.15) is 0 Å². The molecule has 0 spiro atoms. The molecule has 2 aliphatic heterocycles. The number of imidazole rings is 1. The number of ether oxygens (including phenoxy) is 1. The number of likely N-dealkylation sites (tertiary alicyclic amines) is 1. The molecule has 164 valence electrons. The number of aliphatic imine (C=N–C) groups is 1. The van der Waals surface area contributed by atoms with Crippen LogP contribution >= 0.6 is 0 Å². The Kier molecular flexibility index (Phi) is 6.89. The number of aromatic nitrogens is 2. The van der Waals surface area contributed by atoms with E-state index in [-0.39, 0.29) is 5.54 Å². The molecule has 30 heavy (non-hydrogen) atoms. The molecular formula is C23H36N6O. The number of nitrogens with one attached hydrogen (secondary N) is 2. The number of nitrogens with zero attached hydrogens (tertiary/aromatic N) is 4. The molecule has 0 saturated carbocycles. The summed E-state index contributed by atoms with van der Waals surface area (Å²) in [6, 6.07) is 8.35. The minimum Gasteiger partial charge on any atom is -0.381 e. The van der Waals surface area contributed by atoms with Crippen molar-refractivity contribution >= 4 is 17.0 Å². The van der Waals surface area contributed by atoms with Gasteiger partial charge in [0.05, 0.1) is 11.0 Å². The SMILES string of the molecule is CN=C(NCCCn1c(C)nc2ccccc21)NCC1(N2CCCC2)CCOCC1. The number of hydrogen-bond acceptors (Lipinski definition) is 4. The van der Waals surface area contributed by atoms with Crippen LogP contribution in [0.4, 0.5) is 0 Å². The lowest BCUT2D eigenvalue weighted by Crippen LogP contribution is -2.58. The van der Waals surface area contributed by atoms with E-state index in [0.717, 1.165) is 69.4 Å². The minimum atomic E-state index is 0.208. The molecule has 2 N–H and O–H groups in total. The Bertz CT molecular complexity index is 848. The van der Waals surface area contributed by atoms with Crippen LogP contribution in [0.3, 0.4) is 0 Å². The molecule has 2 saturated heterocycles. The van der Waals surface area contributed by atoms with Crippen LogP contribution in [0.25, 0.3) is 11.0 Å². The van der Waals surface area contributed by atoms with E-state index in [1.807, 2.05) is 13.1 Å². The number of fused-ring (bicyclic) bond motifs is 1. The van der Waals surface area contributed by atoms with Crippen LogP contribution < -0.4 is 10.6 Å². The van der Waals surface area contributed by atoms with Gasteiger partial charge in [-0.1, -0.05) is 12.1 Å². The largest absolute Gasteiger partial charge is 0.381 e. The van der Waals surface area contributed by atoms with Gasteiger partial charge in [0.2, 0.25) is 0 Å². The summed E-state index contributed by atoms with van der Waals surface area (Å²) in [4.78, 5) is 11.8. The van der Waals surface area contributed by atoms with Gasteiger partial charge in [0.15, 0.2) is 5.96 Å². The van der Waals surface area contributed by atoms with Crippen LogP contribution in [0.15, 0.2) is 29.3 Å². The van der Waals surface area contributed by atoms with Crippen molar-refractivity contribution in [1.82, 2.24) is 25.1 Å². The van der Waals surface area contributed by atoms with Gasteiger partial charge in [0, 0.05) is 45.4 Å². The summed E-state index contributed by atoms with van der Waals surface area (Å²) in [6.07, 6.45) is 5.86. The molecule has 2 aromatic rings. The van der Waals surface area contributed by atoms with Gasteiger partial charge in [-0.3, -0.25) is 9.89 Å². The summed E-state index contributed by atoms with van der Waals surface area (Å²) in [5, 5.41) is 7.12. The van der Waals surface area contributed by atoms with Crippen LogP contribution in [0.1, 0.15) is 37.9 Å². The summed E-state index contributed by atoms with van der Waals surface area (Å²) < 4.78 is 7.97. The van der Waals surface area contributed by atoms with Crippen LogP contribution in [0.2, 0.25) is 0 Å². The van der Waals surface area contributed by atoms with Gasteiger partial charge in [-0.15, -0.1) is 0 Å². The van der Waals surface area contributed by atoms with Gasteiger partial charge >= 0.3 is 0 Å². The Morgan fingerprint density at radius 1 is 1.17 bits per heavy atom. The minimum absolute atomic E-state index is 0.208. The van der Waals surface area contributed by atoms with E-state index in [9.17, 15) is 0 Å². The first kappa shape index (κ1) is 21.1. The first-order valence-corrected chi connectivity index (χ1v) is 11.4. The molecule has 7 heteroatoms.